The molecule has 13 atom stereocenters. The fourth-order valence-corrected chi connectivity index (χ4v) is 9.87. The summed E-state index contributed by atoms with van der Waals surface area (Å²) in [5.74, 6) is -5.66. The van der Waals surface area contributed by atoms with Gasteiger partial charge in [-0.05, 0) is 86.0 Å². The lowest BCUT2D eigenvalue weighted by Gasteiger charge is -2.47. The highest BCUT2D eigenvalue weighted by molar-refractivity contribution is 6.00. The van der Waals surface area contributed by atoms with Gasteiger partial charge in [0.2, 0.25) is 0 Å². The number of aromatic nitrogens is 2. The number of carbonyl (C=O) groups is 5. The number of hydrogen-bond donors (Lipinski definition) is 1. The number of imidazole rings is 1. The number of ether oxygens (including phenoxy) is 6. The van der Waals surface area contributed by atoms with Crippen molar-refractivity contribution in [2.24, 2.45) is 23.7 Å². The molecule has 0 unspecified atom stereocenters. The van der Waals surface area contributed by atoms with E-state index in [1.54, 1.807) is 45.8 Å². The van der Waals surface area contributed by atoms with E-state index in [2.05, 4.69) is 4.98 Å². The second-order valence-corrected chi connectivity index (χ2v) is 18.3. The average molecular weight is 868 g/mol. The minimum atomic E-state index is -1.42. The van der Waals surface area contributed by atoms with E-state index in [9.17, 15) is 24.0 Å². The first kappa shape index (κ1) is 48.6. The zero-order valence-corrected chi connectivity index (χ0v) is 38.6. The van der Waals surface area contributed by atoms with Crippen molar-refractivity contribution in [3.63, 3.8) is 0 Å². The van der Waals surface area contributed by atoms with E-state index in [4.69, 9.17) is 34.2 Å². The van der Waals surface area contributed by atoms with Gasteiger partial charge < -0.3 is 48.5 Å². The molecule has 1 aromatic carbocycles. The number of nitrogens with zero attached hydrogens (tertiary/aromatic N) is 4. The van der Waals surface area contributed by atoms with E-state index in [0.29, 0.717) is 31.5 Å². The Morgan fingerprint density at radius 1 is 0.984 bits per heavy atom. The molecule has 1 aromatic heterocycles. The Hall–Kier alpha value is -4.38. The topological polar surface area (TPSA) is 191 Å². The standard InChI is InChI=1S/C46H69N5O11/c1-13-36-46(9)40(51(44(56)62-46)21-15-14-20-50-24-34(48-25-50)32-16-18-33(47)19-17-32)28(4)37(53)26(2)23-45(8,57-12)41(29(5)38(54)30(6)42(55)60-36)61-43-39(59-31(7)52)35(49(10)11)22-27(3)58-43/h16-19,24-30,35-36,39-41,43H,13-15,20-23,47H2,1-12H3/t26-,27-,28+,29+,30-,35+,36-,39-,40-,41-,43+,45-,46-/m1/s1. The Kier molecular flexibility index (Phi) is 15.7. The molecule has 2 N–H and O–H groups in total. The lowest BCUT2D eigenvalue weighted by Crippen LogP contribution is -2.61. The first-order valence-electron chi connectivity index (χ1n) is 22.0. The van der Waals surface area contributed by atoms with E-state index in [1.807, 2.05) is 67.9 Å². The third kappa shape index (κ3) is 10.3. The summed E-state index contributed by atoms with van der Waals surface area (Å²) >= 11 is 0. The Morgan fingerprint density at radius 3 is 2.26 bits per heavy atom. The Labute approximate surface area is 366 Å². The number of methoxy groups -OCH3 is 1. The zero-order valence-electron chi connectivity index (χ0n) is 38.6. The number of nitrogens with two attached hydrogens (primary N) is 1. The van der Waals surface area contributed by atoms with Gasteiger partial charge in [0.15, 0.2) is 23.8 Å². The van der Waals surface area contributed by atoms with Crippen molar-refractivity contribution < 1.29 is 52.4 Å². The minimum absolute atomic E-state index is 0.101. The first-order valence-corrected chi connectivity index (χ1v) is 22.0. The molecule has 0 radical (unpaired) electrons. The van der Waals surface area contributed by atoms with Gasteiger partial charge in [-0.15, -0.1) is 0 Å². The third-order valence-corrected chi connectivity index (χ3v) is 13.3. The number of fused-ring (bicyclic) bond motifs is 1. The second kappa shape index (κ2) is 20.0. The Bertz CT molecular complexity index is 1900. The van der Waals surface area contributed by atoms with Crippen molar-refractivity contribution in [3.8, 4) is 11.3 Å². The maximum atomic E-state index is 14.8. The number of amides is 1. The molecule has 16 heteroatoms. The number of anilines is 1. The smallest absolute Gasteiger partial charge is 0.410 e. The van der Waals surface area contributed by atoms with Crippen LogP contribution in [0.4, 0.5) is 10.5 Å². The monoisotopic (exact) mass is 867 g/mol. The quantitative estimate of drug-likeness (QED) is 0.0900. The van der Waals surface area contributed by atoms with Crippen molar-refractivity contribution >= 4 is 35.3 Å². The summed E-state index contributed by atoms with van der Waals surface area (Å²) in [7, 11) is 5.25. The van der Waals surface area contributed by atoms with Gasteiger partial charge in [-0.1, -0.05) is 39.8 Å². The molecule has 0 saturated carbocycles. The van der Waals surface area contributed by atoms with Gasteiger partial charge in [0, 0.05) is 62.3 Å². The fourth-order valence-electron chi connectivity index (χ4n) is 9.87. The van der Waals surface area contributed by atoms with Crippen LogP contribution in [0, 0.1) is 23.7 Å². The van der Waals surface area contributed by atoms with E-state index in [0.717, 1.165) is 11.3 Å². The molecule has 344 valence electrons. The van der Waals surface area contributed by atoms with Crippen LogP contribution in [0.3, 0.4) is 0 Å². The van der Waals surface area contributed by atoms with Crippen molar-refractivity contribution in [2.45, 2.75) is 155 Å². The van der Waals surface area contributed by atoms with Crippen molar-refractivity contribution in [3.05, 3.63) is 36.8 Å². The predicted octanol–water partition coefficient (Wildman–Crippen LogP) is 5.69. The molecule has 16 nitrogen and oxygen atoms in total. The van der Waals surface area contributed by atoms with Gasteiger partial charge in [-0.25, -0.2) is 9.78 Å². The van der Waals surface area contributed by atoms with Crippen LogP contribution in [0.15, 0.2) is 36.8 Å². The van der Waals surface area contributed by atoms with Gasteiger partial charge in [-0.2, -0.15) is 0 Å². The molecule has 3 saturated heterocycles. The number of nitrogen functional groups attached to an aromatic ring is 1. The fraction of sp³-hybridized carbons (Fsp3) is 0.696. The van der Waals surface area contributed by atoms with Crippen LogP contribution in [0.25, 0.3) is 11.3 Å². The van der Waals surface area contributed by atoms with Crippen LogP contribution in [-0.4, -0.2) is 131 Å². The van der Waals surface area contributed by atoms with E-state index >= 15 is 0 Å². The normalized spacial score (nSPS) is 35.0. The van der Waals surface area contributed by atoms with Gasteiger partial charge in [-0.3, -0.25) is 19.2 Å². The SMILES string of the molecule is CC[C@H]1OC(=O)[C@H](C)C(=O)[C@H](C)[C@@H](O[C@@H]2O[C@H](C)C[C@H](N(C)C)[C@H]2OC(C)=O)[C@](C)(OC)C[C@@H](C)C(=O)[C@H](C)[C@H]2N(CCCCn3cnc(-c4ccc(N)cc4)c3)C(=O)O[C@]12C. The Morgan fingerprint density at radius 2 is 1.65 bits per heavy atom. The van der Waals surface area contributed by atoms with Crippen LogP contribution in [0.1, 0.15) is 94.4 Å². The van der Waals surface area contributed by atoms with Crippen molar-refractivity contribution in [1.82, 2.24) is 19.4 Å². The maximum absolute atomic E-state index is 14.8. The number of unbranched alkanes of at least 4 members (excludes halogenated alkanes) is 1. The van der Waals surface area contributed by atoms with Crippen LogP contribution in [0.2, 0.25) is 0 Å². The number of hydrogen-bond acceptors (Lipinski definition) is 14. The van der Waals surface area contributed by atoms with Crippen LogP contribution in [-0.2, 0) is 54.1 Å². The number of benzene rings is 1. The average Bonchev–Trinajstić information content (AvgIpc) is 3.80. The Balaban J connectivity index is 1.45. The largest absolute Gasteiger partial charge is 0.458 e. The minimum Gasteiger partial charge on any atom is -0.458 e. The van der Waals surface area contributed by atoms with E-state index in [1.165, 1.54) is 21.0 Å². The number of esters is 2. The van der Waals surface area contributed by atoms with E-state index < -0.39 is 89.3 Å². The van der Waals surface area contributed by atoms with Gasteiger partial charge in [0.1, 0.15) is 17.8 Å². The number of ketones is 2. The first-order chi connectivity index (χ1) is 29.1. The molecule has 3 aliphatic rings. The molecular formula is C46H69N5O11. The molecule has 62 heavy (non-hydrogen) atoms. The molecule has 1 amide bonds. The van der Waals surface area contributed by atoms with Crippen molar-refractivity contribution in [1.29, 1.82) is 0 Å². The number of Topliss-reactive ketones (excluding diaryl/α,β-unsaturated/α-hetero) is 2. The molecule has 5 rings (SSSR count). The summed E-state index contributed by atoms with van der Waals surface area (Å²) in [6, 6.07) is 6.41. The summed E-state index contributed by atoms with van der Waals surface area (Å²) < 4.78 is 39.5. The summed E-state index contributed by atoms with van der Waals surface area (Å²) in [5.41, 5.74) is 5.56. The molecular weight excluding hydrogens is 799 g/mol. The summed E-state index contributed by atoms with van der Waals surface area (Å²) in [5, 5.41) is 0. The van der Waals surface area contributed by atoms with Gasteiger partial charge in [0.25, 0.3) is 0 Å². The number of aryl methyl sites for hydroxylation is 1. The van der Waals surface area contributed by atoms with Gasteiger partial charge >= 0.3 is 18.0 Å². The number of carbonyl (C=O) groups excluding carboxylic acids is 5. The second-order valence-electron chi connectivity index (χ2n) is 18.3. The number of cyclic esters (lactones) is 1. The predicted molar refractivity (Wildman–Crippen MR) is 230 cm³/mol. The summed E-state index contributed by atoms with van der Waals surface area (Å²) in [6.45, 7) is 16.2. The van der Waals surface area contributed by atoms with Crippen LogP contribution < -0.4 is 5.73 Å². The van der Waals surface area contributed by atoms with Gasteiger partial charge in [0.05, 0.1) is 41.9 Å². The highest BCUT2D eigenvalue weighted by Gasteiger charge is 2.60. The molecule has 0 bridgehead atoms. The van der Waals surface area contributed by atoms with Crippen molar-refractivity contribution in [2.75, 3.05) is 33.5 Å². The summed E-state index contributed by atoms with van der Waals surface area (Å²) in [4.78, 5) is 77.8. The maximum Gasteiger partial charge on any atom is 0.410 e. The number of rotatable bonds is 12. The molecule has 0 spiro atoms. The third-order valence-electron chi connectivity index (χ3n) is 13.3. The molecule has 3 fully saturated rings. The lowest BCUT2D eigenvalue weighted by molar-refractivity contribution is -0.298. The van der Waals surface area contributed by atoms with E-state index in [-0.39, 0.29) is 37.3 Å². The van der Waals surface area contributed by atoms with Crippen LogP contribution in [0.5, 0.6) is 0 Å². The molecule has 0 aliphatic carbocycles. The molecule has 4 heterocycles. The molecule has 3 aliphatic heterocycles. The highest BCUT2D eigenvalue weighted by atomic mass is 16.7. The summed E-state index contributed by atoms with van der Waals surface area (Å²) in [6.07, 6.45) is 0.958. The lowest BCUT2D eigenvalue weighted by atomic mass is 9.73. The zero-order chi connectivity index (χ0) is 45.8. The molecule has 2 aromatic rings. The number of likely N-dealkylation sites (N-methyl/N-ethyl adjacent to an activating group) is 1. The van der Waals surface area contributed by atoms with Crippen LogP contribution >= 0.6 is 0 Å². The highest BCUT2D eigenvalue weighted by Crippen LogP contribution is 2.43.